The Labute approximate surface area is 138 Å². The average molecular weight is 319 g/mol. The molecule has 0 spiro atoms. The standard InChI is InChI=1S/C19H26FNSi/c1-13(2)9-15-11-18(21-12-19(15)22(4,5)6)17-8-7-16(20)10-14(17)3/h7-8,10-13H,9H2,1-6H3/i3D3. The summed E-state index contributed by atoms with van der Waals surface area (Å²) in [5.74, 6) is -0.0587. The molecule has 0 unspecified atom stereocenters. The topological polar surface area (TPSA) is 12.9 Å². The van der Waals surface area contributed by atoms with Gasteiger partial charge in [0.15, 0.2) is 0 Å². The van der Waals surface area contributed by atoms with E-state index in [1.165, 1.54) is 22.9 Å². The number of aromatic nitrogens is 1. The summed E-state index contributed by atoms with van der Waals surface area (Å²) in [6, 6.07) is 5.90. The Kier molecular flexibility index (Phi) is 3.74. The van der Waals surface area contributed by atoms with E-state index in [-0.39, 0.29) is 5.56 Å². The van der Waals surface area contributed by atoms with E-state index in [9.17, 15) is 4.39 Å². The van der Waals surface area contributed by atoms with Crippen LogP contribution in [0.25, 0.3) is 11.3 Å². The van der Waals surface area contributed by atoms with E-state index in [0.29, 0.717) is 17.2 Å². The molecule has 3 heteroatoms. The quantitative estimate of drug-likeness (QED) is 0.728. The van der Waals surface area contributed by atoms with Gasteiger partial charge >= 0.3 is 0 Å². The molecule has 118 valence electrons. The van der Waals surface area contributed by atoms with Crippen molar-refractivity contribution in [3.8, 4) is 11.3 Å². The summed E-state index contributed by atoms with van der Waals surface area (Å²) < 4.78 is 36.7. The van der Waals surface area contributed by atoms with Crippen LogP contribution in [-0.2, 0) is 6.42 Å². The van der Waals surface area contributed by atoms with Crippen molar-refractivity contribution < 1.29 is 8.50 Å². The fourth-order valence-electron chi connectivity index (χ4n) is 2.67. The maximum atomic E-state index is 13.6. The van der Waals surface area contributed by atoms with Gasteiger partial charge in [0.1, 0.15) is 5.82 Å². The molecule has 0 aliphatic rings. The molecule has 1 heterocycles. The van der Waals surface area contributed by atoms with Gasteiger partial charge in [0.25, 0.3) is 0 Å². The van der Waals surface area contributed by atoms with Crippen molar-refractivity contribution in [2.24, 2.45) is 5.92 Å². The first kappa shape index (κ1) is 13.0. The van der Waals surface area contributed by atoms with Crippen LogP contribution in [0.1, 0.15) is 29.1 Å². The van der Waals surface area contributed by atoms with Crippen LogP contribution in [0.4, 0.5) is 4.39 Å². The Balaban J connectivity index is 2.65. The molecule has 0 bridgehead atoms. The second-order valence-electron chi connectivity index (χ2n) is 7.26. The molecule has 0 aliphatic heterocycles. The highest BCUT2D eigenvalue weighted by molar-refractivity contribution is 6.89. The van der Waals surface area contributed by atoms with Gasteiger partial charge in [-0.15, -0.1) is 0 Å². The molecule has 2 aromatic rings. The summed E-state index contributed by atoms with van der Waals surface area (Å²) >= 11 is 0. The second kappa shape index (κ2) is 6.33. The third-order valence-corrected chi connectivity index (χ3v) is 5.75. The van der Waals surface area contributed by atoms with Crippen molar-refractivity contribution in [2.45, 2.75) is 46.8 Å². The summed E-state index contributed by atoms with van der Waals surface area (Å²) in [5, 5.41) is 1.29. The van der Waals surface area contributed by atoms with Crippen molar-refractivity contribution in [3.05, 3.63) is 47.4 Å². The number of halogens is 1. The van der Waals surface area contributed by atoms with Crippen molar-refractivity contribution in [3.63, 3.8) is 0 Å². The van der Waals surface area contributed by atoms with Crippen LogP contribution < -0.4 is 5.19 Å². The van der Waals surface area contributed by atoms with E-state index in [0.717, 1.165) is 12.5 Å². The van der Waals surface area contributed by atoms with Crippen molar-refractivity contribution in [1.82, 2.24) is 4.98 Å². The fraction of sp³-hybridized carbons (Fsp3) is 0.421. The summed E-state index contributed by atoms with van der Waals surface area (Å²) in [5.41, 5.74) is 2.31. The van der Waals surface area contributed by atoms with Gasteiger partial charge < -0.3 is 0 Å². The first-order valence-electron chi connectivity index (χ1n) is 9.19. The zero-order valence-corrected chi connectivity index (χ0v) is 15.0. The molecule has 0 aliphatic carbocycles. The molecule has 0 radical (unpaired) electrons. The molecule has 0 saturated heterocycles. The normalized spacial score (nSPS) is 14.6. The predicted molar refractivity (Wildman–Crippen MR) is 95.9 cm³/mol. The number of benzene rings is 1. The predicted octanol–water partition coefficient (Wildman–Crippen LogP) is 4.94. The molecule has 22 heavy (non-hydrogen) atoms. The van der Waals surface area contributed by atoms with E-state index in [4.69, 9.17) is 4.11 Å². The third kappa shape index (κ3) is 3.83. The van der Waals surface area contributed by atoms with Gasteiger partial charge in [0.2, 0.25) is 0 Å². The zero-order chi connectivity index (χ0) is 19.0. The number of aryl methyl sites for hydroxylation is 1. The van der Waals surface area contributed by atoms with Crippen LogP contribution in [0.2, 0.25) is 19.6 Å². The Bertz CT molecular complexity index is 764. The summed E-state index contributed by atoms with van der Waals surface area (Å²) in [6.45, 7) is 8.78. The SMILES string of the molecule is [2H]C([2H])([2H])c1cc(F)ccc1-c1cc(CC(C)C)c([Si](C)(C)C)cn1. The molecule has 0 amide bonds. The Hall–Kier alpha value is -1.48. The number of pyridine rings is 1. The summed E-state index contributed by atoms with van der Waals surface area (Å²) in [6.07, 6.45) is 2.81. The number of hydrogen-bond donors (Lipinski definition) is 0. The molecule has 1 aromatic heterocycles. The lowest BCUT2D eigenvalue weighted by atomic mass is 9.99. The van der Waals surface area contributed by atoms with Gasteiger partial charge in [0.05, 0.1) is 13.8 Å². The van der Waals surface area contributed by atoms with Crippen molar-refractivity contribution in [1.29, 1.82) is 0 Å². The van der Waals surface area contributed by atoms with Crippen molar-refractivity contribution in [2.75, 3.05) is 0 Å². The molecule has 1 aromatic carbocycles. The molecule has 2 rings (SSSR count). The Morgan fingerprint density at radius 1 is 1.23 bits per heavy atom. The Morgan fingerprint density at radius 2 is 1.95 bits per heavy atom. The van der Waals surface area contributed by atoms with Crippen LogP contribution in [0.3, 0.4) is 0 Å². The summed E-state index contributed by atoms with van der Waals surface area (Å²) in [7, 11) is -1.56. The summed E-state index contributed by atoms with van der Waals surface area (Å²) in [4.78, 5) is 4.55. The highest BCUT2D eigenvalue weighted by Crippen LogP contribution is 2.24. The molecule has 0 atom stereocenters. The minimum atomic E-state index is -2.38. The highest BCUT2D eigenvalue weighted by Gasteiger charge is 2.22. The van der Waals surface area contributed by atoms with E-state index < -0.39 is 20.7 Å². The smallest absolute Gasteiger partial charge is 0.123 e. The van der Waals surface area contributed by atoms with Crippen LogP contribution in [0, 0.1) is 18.6 Å². The van der Waals surface area contributed by atoms with Gasteiger partial charge in [-0.1, -0.05) is 33.5 Å². The first-order valence-corrected chi connectivity index (χ1v) is 11.2. The molecule has 0 saturated carbocycles. The molecule has 1 nitrogen and oxygen atoms in total. The largest absolute Gasteiger partial charge is 0.256 e. The second-order valence-corrected chi connectivity index (χ2v) is 12.3. The molecule has 0 N–H and O–H groups in total. The molecular weight excluding hydrogens is 289 g/mol. The number of rotatable bonds is 4. The minimum Gasteiger partial charge on any atom is -0.256 e. The van der Waals surface area contributed by atoms with E-state index in [1.807, 2.05) is 12.3 Å². The first-order chi connectivity index (χ1) is 11.4. The van der Waals surface area contributed by atoms with E-state index in [2.05, 4.69) is 38.5 Å². The minimum absolute atomic E-state index is 0.0104. The fourth-order valence-corrected chi connectivity index (χ4v) is 4.26. The van der Waals surface area contributed by atoms with Crippen LogP contribution in [0.5, 0.6) is 0 Å². The van der Waals surface area contributed by atoms with Crippen LogP contribution in [-0.4, -0.2) is 13.1 Å². The van der Waals surface area contributed by atoms with Crippen LogP contribution in [0.15, 0.2) is 30.5 Å². The van der Waals surface area contributed by atoms with Gasteiger partial charge in [-0.3, -0.25) is 4.98 Å². The average Bonchev–Trinajstić information content (AvgIpc) is 2.44. The lowest BCUT2D eigenvalue weighted by Crippen LogP contribution is -2.40. The molecule has 0 fully saturated rings. The lowest BCUT2D eigenvalue weighted by Gasteiger charge is -2.22. The van der Waals surface area contributed by atoms with Gasteiger partial charge in [-0.2, -0.15) is 0 Å². The van der Waals surface area contributed by atoms with Gasteiger partial charge in [-0.05, 0) is 59.8 Å². The zero-order valence-electron chi connectivity index (χ0n) is 17.0. The molecular formula is C19H26FNSi. The third-order valence-electron chi connectivity index (χ3n) is 3.68. The Morgan fingerprint density at radius 3 is 2.55 bits per heavy atom. The lowest BCUT2D eigenvalue weighted by molar-refractivity contribution is 0.627. The van der Waals surface area contributed by atoms with Gasteiger partial charge in [-0.25, -0.2) is 4.39 Å². The number of nitrogens with zero attached hydrogens (tertiary/aromatic N) is 1. The number of hydrogen-bond acceptors (Lipinski definition) is 1. The van der Waals surface area contributed by atoms with E-state index in [1.54, 1.807) is 0 Å². The van der Waals surface area contributed by atoms with Gasteiger partial charge in [0, 0.05) is 15.9 Å². The van der Waals surface area contributed by atoms with E-state index >= 15 is 0 Å². The van der Waals surface area contributed by atoms with Crippen LogP contribution >= 0.6 is 0 Å². The maximum absolute atomic E-state index is 13.6. The maximum Gasteiger partial charge on any atom is 0.123 e. The highest BCUT2D eigenvalue weighted by atomic mass is 28.3. The monoisotopic (exact) mass is 318 g/mol. The van der Waals surface area contributed by atoms with Crippen molar-refractivity contribution >= 4 is 13.3 Å².